The molecule has 2 unspecified atom stereocenters. The number of nitrogens with one attached hydrogen (secondary N) is 1. The van der Waals surface area contributed by atoms with Crippen molar-refractivity contribution in [3.05, 3.63) is 28.8 Å². The second-order valence-corrected chi connectivity index (χ2v) is 4.78. The van der Waals surface area contributed by atoms with Crippen LogP contribution in [0.5, 0.6) is 5.75 Å². The van der Waals surface area contributed by atoms with Crippen molar-refractivity contribution in [2.24, 2.45) is 11.7 Å². The fourth-order valence-electron chi connectivity index (χ4n) is 2.56. The number of benzene rings is 1. The number of hydrogen-bond donors (Lipinski definition) is 2. The van der Waals surface area contributed by atoms with Crippen molar-refractivity contribution in [2.45, 2.75) is 33.2 Å². The van der Waals surface area contributed by atoms with Gasteiger partial charge < -0.3 is 15.8 Å². The van der Waals surface area contributed by atoms with E-state index in [1.165, 1.54) is 16.7 Å². The summed E-state index contributed by atoms with van der Waals surface area (Å²) in [5.41, 5.74) is 9.71. The summed E-state index contributed by atoms with van der Waals surface area (Å²) in [4.78, 5) is 0. The summed E-state index contributed by atoms with van der Waals surface area (Å²) in [7, 11) is 3.72. The SMILES string of the molecule is CCC(CN)C(NC)c1ccc(OC)c(C)c1C. The van der Waals surface area contributed by atoms with E-state index in [1.807, 2.05) is 13.1 Å². The number of hydrogen-bond acceptors (Lipinski definition) is 3. The van der Waals surface area contributed by atoms with Gasteiger partial charge in [0.2, 0.25) is 0 Å². The van der Waals surface area contributed by atoms with E-state index in [0.29, 0.717) is 18.5 Å². The van der Waals surface area contributed by atoms with Crippen molar-refractivity contribution in [1.82, 2.24) is 5.32 Å². The maximum absolute atomic E-state index is 5.88. The summed E-state index contributed by atoms with van der Waals surface area (Å²) in [6, 6.07) is 4.51. The Hall–Kier alpha value is -1.06. The second-order valence-electron chi connectivity index (χ2n) is 4.78. The lowest BCUT2D eigenvalue weighted by Gasteiger charge is -2.27. The van der Waals surface area contributed by atoms with E-state index in [2.05, 4.69) is 32.2 Å². The first kappa shape index (κ1) is 15.0. The van der Waals surface area contributed by atoms with Gasteiger partial charge in [0.25, 0.3) is 0 Å². The highest BCUT2D eigenvalue weighted by Gasteiger charge is 2.21. The molecule has 0 amide bonds. The molecule has 1 aromatic rings. The predicted molar refractivity (Wildman–Crippen MR) is 77.1 cm³/mol. The van der Waals surface area contributed by atoms with E-state index < -0.39 is 0 Å². The predicted octanol–water partition coefficient (Wildman–Crippen LogP) is 2.56. The monoisotopic (exact) mass is 250 g/mol. The molecule has 0 fully saturated rings. The third-order valence-electron chi connectivity index (χ3n) is 3.94. The molecule has 3 heteroatoms. The molecule has 0 radical (unpaired) electrons. The third-order valence-corrected chi connectivity index (χ3v) is 3.94. The molecule has 1 aromatic carbocycles. The van der Waals surface area contributed by atoms with Crippen LogP contribution in [0.4, 0.5) is 0 Å². The molecule has 0 spiro atoms. The van der Waals surface area contributed by atoms with Gasteiger partial charge in [0.1, 0.15) is 5.75 Å². The number of nitrogens with two attached hydrogens (primary N) is 1. The molecule has 0 aliphatic carbocycles. The molecular weight excluding hydrogens is 224 g/mol. The van der Waals surface area contributed by atoms with Gasteiger partial charge in [0.05, 0.1) is 7.11 Å². The van der Waals surface area contributed by atoms with E-state index in [-0.39, 0.29) is 0 Å². The highest BCUT2D eigenvalue weighted by Crippen LogP contribution is 2.31. The van der Waals surface area contributed by atoms with Gasteiger partial charge in [-0.05, 0) is 56.1 Å². The average molecular weight is 250 g/mol. The molecule has 0 saturated heterocycles. The summed E-state index contributed by atoms with van der Waals surface area (Å²) in [6.45, 7) is 7.15. The van der Waals surface area contributed by atoms with Gasteiger partial charge in [-0.1, -0.05) is 19.4 Å². The molecule has 0 saturated carbocycles. The molecule has 18 heavy (non-hydrogen) atoms. The van der Waals surface area contributed by atoms with Crippen molar-refractivity contribution in [2.75, 3.05) is 20.7 Å². The Morgan fingerprint density at radius 2 is 1.94 bits per heavy atom. The molecule has 0 aliphatic heterocycles. The van der Waals surface area contributed by atoms with Gasteiger partial charge in [-0.3, -0.25) is 0 Å². The second kappa shape index (κ2) is 6.76. The minimum absolute atomic E-state index is 0.310. The Kier molecular flexibility index (Phi) is 5.63. The van der Waals surface area contributed by atoms with Gasteiger partial charge in [-0.2, -0.15) is 0 Å². The Labute approximate surface area is 111 Å². The molecule has 0 aliphatic rings. The van der Waals surface area contributed by atoms with Crippen LogP contribution in [0.1, 0.15) is 36.1 Å². The Bertz CT molecular complexity index is 386. The van der Waals surface area contributed by atoms with Crippen molar-refractivity contribution in [3.63, 3.8) is 0 Å². The topological polar surface area (TPSA) is 47.3 Å². The summed E-state index contributed by atoms with van der Waals surface area (Å²) < 4.78 is 5.36. The lowest BCUT2D eigenvalue weighted by atomic mass is 9.87. The molecule has 3 nitrogen and oxygen atoms in total. The van der Waals surface area contributed by atoms with Crippen LogP contribution < -0.4 is 15.8 Å². The molecule has 2 atom stereocenters. The summed E-state index contributed by atoms with van der Waals surface area (Å²) in [5.74, 6) is 1.41. The lowest BCUT2D eigenvalue weighted by molar-refractivity contribution is 0.375. The third kappa shape index (κ3) is 2.85. The maximum atomic E-state index is 5.88. The Morgan fingerprint density at radius 1 is 1.28 bits per heavy atom. The van der Waals surface area contributed by atoms with E-state index in [0.717, 1.165) is 12.2 Å². The molecule has 3 N–H and O–H groups in total. The van der Waals surface area contributed by atoms with Crippen LogP contribution in [0.15, 0.2) is 12.1 Å². The number of ether oxygens (including phenoxy) is 1. The fraction of sp³-hybridized carbons (Fsp3) is 0.600. The van der Waals surface area contributed by atoms with Crippen molar-refractivity contribution in [3.8, 4) is 5.75 Å². The summed E-state index contributed by atoms with van der Waals surface area (Å²) in [6.07, 6.45) is 1.08. The normalized spacial score (nSPS) is 14.3. The minimum Gasteiger partial charge on any atom is -0.496 e. The van der Waals surface area contributed by atoms with Crippen LogP contribution in [0, 0.1) is 19.8 Å². The highest BCUT2D eigenvalue weighted by atomic mass is 16.5. The van der Waals surface area contributed by atoms with Crippen LogP contribution in [0.25, 0.3) is 0 Å². The Morgan fingerprint density at radius 3 is 2.39 bits per heavy atom. The molecule has 0 bridgehead atoms. The van der Waals surface area contributed by atoms with E-state index in [9.17, 15) is 0 Å². The summed E-state index contributed by atoms with van der Waals surface area (Å²) in [5, 5.41) is 3.40. The smallest absolute Gasteiger partial charge is 0.122 e. The minimum atomic E-state index is 0.310. The summed E-state index contributed by atoms with van der Waals surface area (Å²) >= 11 is 0. The molecule has 102 valence electrons. The molecule has 1 rings (SSSR count). The zero-order valence-electron chi connectivity index (χ0n) is 12.2. The quantitative estimate of drug-likeness (QED) is 0.815. The number of methoxy groups -OCH3 is 1. The van der Waals surface area contributed by atoms with Gasteiger partial charge >= 0.3 is 0 Å². The standard InChI is InChI=1S/C15H26N2O/c1-6-12(9-16)15(17-4)13-7-8-14(18-5)11(3)10(13)2/h7-8,12,15,17H,6,9,16H2,1-5H3. The van der Waals surface area contributed by atoms with Gasteiger partial charge in [-0.15, -0.1) is 0 Å². The van der Waals surface area contributed by atoms with E-state index in [4.69, 9.17) is 10.5 Å². The molecule has 0 aromatic heterocycles. The first-order valence-electron chi connectivity index (χ1n) is 6.62. The zero-order chi connectivity index (χ0) is 13.7. The molecule has 0 heterocycles. The van der Waals surface area contributed by atoms with Gasteiger partial charge in [-0.25, -0.2) is 0 Å². The van der Waals surface area contributed by atoms with Crippen molar-refractivity contribution in [1.29, 1.82) is 0 Å². The van der Waals surface area contributed by atoms with Crippen molar-refractivity contribution < 1.29 is 4.74 Å². The van der Waals surface area contributed by atoms with Crippen LogP contribution in [-0.4, -0.2) is 20.7 Å². The Balaban J connectivity index is 3.18. The first-order valence-corrected chi connectivity index (χ1v) is 6.62. The average Bonchev–Trinajstić information content (AvgIpc) is 2.39. The van der Waals surface area contributed by atoms with Gasteiger partial charge in [0.15, 0.2) is 0 Å². The maximum Gasteiger partial charge on any atom is 0.122 e. The van der Waals surface area contributed by atoms with Crippen LogP contribution >= 0.6 is 0 Å². The van der Waals surface area contributed by atoms with Crippen LogP contribution in [-0.2, 0) is 0 Å². The zero-order valence-corrected chi connectivity index (χ0v) is 12.2. The van der Waals surface area contributed by atoms with Crippen LogP contribution in [0.2, 0.25) is 0 Å². The van der Waals surface area contributed by atoms with Crippen LogP contribution in [0.3, 0.4) is 0 Å². The highest BCUT2D eigenvalue weighted by molar-refractivity contribution is 5.45. The van der Waals surface area contributed by atoms with Crippen molar-refractivity contribution >= 4 is 0 Å². The lowest BCUT2D eigenvalue weighted by Crippen LogP contribution is -2.30. The van der Waals surface area contributed by atoms with Gasteiger partial charge in [0, 0.05) is 6.04 Å². The fourth-order valence-corrected chi connectivity index (χ4v) is 2.56. The molecular formula is C15H26N2O. The number of rotatable bonds is 6. The van der Waals surface area contributed by atoms with E-state index >= 15 is 0 Å². The largest absolute Gasteiger partial charge is 0.496 e. The van der Waals surface area contributed by atoms with E-state index in [1.54, 1.807) is 7.11 Å². The first-order chi connectivity index (χ1) is 8.60.